The zero-order valence-electron chi connectivity index (χ0n) is 12.6. The molecule has 0 aliphatic heterocycles. The Bertz CT molecular complexity index is 555. The minimum Gasteiger partial charge on any atom is -0.480 e. The van der Waals surface area contributed by atoms with Crippen LogP contribution < -0.4 is 15.4 Å². The van der Waals surface area contributed by atoms with Crippen LogP contribution in [0.3, 0.4) is 0 Å². The van der Waals surface area contributed by atoms with Crippen LogP contribution in [-0.4, -0.2) is 30.4 Å². The van der Waals surface area contributed by atoms with Gasteiger partial charge in [-0.15, -0.1) is 0 Å². The van der Waals surface area contributed by atoms with E-state index in [0.717, 1.165) is 5.56 Å². The Kier molecular flexibility index (Phi) is 5.90. The lowest BCUT2D eigenvalue weighted by Crippen LogP contribution is -2.45. The first-order chi connectivity index (χ1) is 9.85. The van der Waals surface area contributed by atoms with Gasteiger partial charge in [0.1, 0.15) is 5.75 Å². The molecule has 6 nitrogen and oxygen atoms in total. The van der Waals surface area contributed by atoms with Crippen molar-refractivity contribution in [3.63, 3.8) is 0 Å². The fraction of sp³-hybridized carbons (Fsp3) is 0.400. The maximum absolute atomic E-state index is 11.8. The molecule has 1 rings (SSSR count). The van der Waals surface area contributed by atoms with Crippen LogP contribution in [0.4, 0.5) is 4.79 Å². The predicted octanol–water partition coefficient (Wildman–Crippen LogP) is 1.81. The van der Waals surface area contributed by atoms with E-state index in [9.17, 15) is 14.4 Å². The lowest BCUT2D eigenvalue weighted by Gasteiger charge is -2.16. The van der Waals surface area contributed by atoms with Gasteiger partial charge in [-0.05, 0) is 39.8 Å². The summed E-state index contributed by atoms with van der Waals surface area (Å²) in [4.78, 5) is 34.7. The molecule has 0 bridgehead atoms. The number of urea groups is 1. The largest absolute Gasteiger partial charge is 0.480 e. The fourth-order valence-electron chi connectivity index (χ4n) is 1.68. The van der Waals surface area contributed by atoms with Crippen LogP contribution in [0.15, 0.2) is 18.2 Å². The molecule has 0 aromatic heterocycles. The summed E-state index contributed by atoms with van der Waals surface area (Å²) in [6.07, 6.45) is -0.895. The molecule has 1 aromatic carbocycles. The zero-order chi connectivity index (χ0) is 16.0. The van der Waals surface area contributed by atoms with E-state index in [4.69, 9.17) is 4.74 Å². The van der Waals surface area contributed by atoms with Crippen LogP contribution in [0.1, 0.15) is 36.7 Å². The number of benzene rings is 1. The zero-order valence-corrected chi connectivity index (χ0v) is 12.6. The smallest absolute Gasteiger partial charge is 0.321 e. The molecule has 1 unspecified atom stereocenters. The Labute approximate surface area is 123 Å². The number of hydrogen-bond acceptors (Lipinski definition) is 4. The third-order valence-electron chi connectivity index (χ3n) is 2.76. The maximum atomic E-state index is 11.8. The van der Waals surface area contributed by atoms with E-state index in [1.54, 1.807) is 25.1 Å². The second-order valence-corrected chi connectivity index (χ2v) is 4.66. The molecule has 21 heavy (non-hydrogen) atoms. The van der Waals surface area contributed by atoms with Crippen molar-refractivity contribution in [2.24, 2.45) is 0 Å². The number of aryl methyl sites for hydroxylation is 1. The minimum atomic E-state index is -0.895. The average molecular weight is 292 g/mol. The SMILES string of the molecule is CCNC(=O)NC(=O)C(C)Oc1ccc(C)cc1C(C)=O. The summed E-state index contributed by atoms with van der Waals surface area (Å²) in [5, 5.41) is 4.61. The first-order valence-corrected chi connectivity index (χ1v) is 6.72. The van der Waals surface area contributed by atoms with E-state index in [0.29, 0.717) is 17.9 Å². The third-order valence-corrected chi connectivity index (χ3v) is 2.76. The molecule has 0 fully saturated rings. The number of carbonyl (C=O) groups is 3. The summed E-state index contributed by atoms with van der Waals surface area (Å²) < 4.78 is 5.49. The number of imide groups is 1. The Morgan fingerprint density at radius 1 is 1.29 bits per heavy atom. The van der Waals surface area contributed by atoms with Gasteiger partial charge in [-0.25, -0.2) is 4.79 Å². The molecule has 0 aliphatic carbocycles. The van der Waals surface area contributed by atoms with Gasteiger partial charge in [-0.2, -0.15) is 0 Å². The normalized spacial score (nSPS) is 11.4. The summed E-state index contributed by atoms with van der Waals surface area (Å²) in [6, 6.07) is 4.55. The molecule has 0 aliphatic rings. The molecule has 0 radical (unpaired) electrons. The van der Waals surface area contributed by atoms with Gasteiger partial charge < -0.3 is 10.1 Å². The van der Waals surface area contributed by atoms with Crippen molar-refractivity contribution < 1.29 is 19.1 Å². The Balaban J connectivity index is 2.79. The van der Waals surface area contributed by atoms with Crippen molar-refractivity contribution in [1.82, 2.24) is 10.6 Å². The van der Waals surface area contributed by atoms with E-state index in [2.05, 4.69) is 10.6 Å². The summed E-state index contributed by atoms with van der Waals surface area (Å²) >= 11 is 0. The third kappa shape index (κ3) is 4.91. The van der Waals surface area contributed by atoms with E-state index in [-0.39, 0.29) is 5.78 Å². The highest BCUT2D eigenvalue weighted by Crippen LogP contribution is 2.21. The molecule has 0 saturated carbocycles. The molecule has 2 N–H and O–H groups in total. The van der Waals surface area contributed by atoms with Crippen LogP contribution >= 0.6 is 0 Å². The lowest BCUT2D eigenvalue weighted by molar-refractivity contribution is -0.126. The number of ketones is 1. The lowest BCUT2D eigenvalue weighted by atomic mass is 10.1. The van der Waals surface area contributed by atoms with Crippen molar-refractivity contribution >= 4 is 17.7 Å². The number of ether oxygens (including phenoxy) is 1. The standard InChI is InChI=1S/C15H20N2O4/c1-5-16-15(20)17-14(19)11(4)21-13-7-6-9(2)8-12(13)10(3)18/h6-8,11H,5H2,1-4H3,(H2,16,17,19,20). The summed E-state index contributed by atoms with van der Waals surface area (Å²) in [5.74, 6) is -0.396. The number of hydrogen-bond donors (Lipinski definition) is 2. The highest BCUT2D eigenvalue weighted by molar-refractivity contribution is 5.98. The predicted molar refractivity (Wildman–Crippen MR) is 78.5 cm³/mol. The molecular formula is C15H20N2O4. The fourth-order valence-corrected chi connectivity index (χ4v) is 1.68. The first-order valence-electron chi connectivity index (χ1n) is 6.72. The van der Waals surface area contributed by atoms with Gasteiger partial charge in [-0.1, -0.05) is 11.6 Å². The number of rotatable bonds is 5. The summed E-state index contributed by atoms with van der Waals surface area (Å²) in [6.45, 7) is 6.97. The van der Waals surface area contributed by atoms with Crippen LogP contribution in [0.2, 0.25) is 0 Å². The van der Waals surface area contributed by atoms with Gasteiger partial charge >= 0.3 is 6.03 Å². The molecular weight excluding hydrogens is 272 g/mol. The maximum Gasteiger partial charge on any atom is 0.321 e. The van der Waals surface area contributed by atoms with Gasteiger partial charge in [0.2, 0.25) is 0 Å². The van der Waals surface area contributed by atoms with E-state index in [1.807, 2.05) is 6.92 Å². The number of amides is 3. The van der Waals surface area contributed by atoms with E-state index < -0.39 is 18.0 Å². The van der Waals surface area contributed by atoms with Gasteiger partial charge in [0, 0.05) is 6.54 Å². The number of nitrogens with one attached hydrogen (secondary N) is 2. The van der Waals surface area contributed by atoms with Crippen molar-refractivity contribution in [3.8, 4) is 5.75 Å². The molecule has 1 aromatic rings. The highest BCUT2D eigenvalue weighted by atomic mass is 16.5. The molecule has 0 spiro atoms. The van der Waals surface area contributed by atoms with Crippen molar-refractivity contribution in [1.29, 1.82) is 0 Å². The van der Waals surface area contributed by atoms with Gasteiger partial charge in [-0.3, -0.25) is 14.9 Å². The highest BCUT2D eigenvalue weighted by Gasteiger charge is 2.19. The minimum absolute atomic E-state index is 0.148. The van der Waals surface area contributed by atoms with Crippen LogP contribution in [0.5, 0.6) is 5.75 Å². The molecule has 3 amide bonds. The quantitative estimate of drug-likeness (QED) is 0.811. The summed E-state index contributed by atoms with van der Waals surface area (Å²) in [5.41, 5.74) is 1.33. The second kappa shape index (κ2) is 7.42. The monoisotopic (exact) mass is 292 g/mol. The van der Waals surface area contributed by atoms with Gasteiger partial charge in [0.25, 0.3) is 5.91 Å². The molecule has 6 heteroatoms. The summed E-state index contributed by atoms with van der Waals surface area (Å²) in [7, 11) is 0. The van der Waals surface area contributed by atoms with Crippen LogP contribution in [0, 0.1) is 6.92 Å². The Morgan fingerprint density at radius 3 is 2.52 bits per heavy atom. The molecule has 114 valence electrons. The Morgan fingerprint density at radius 2 is 1.95 bits per heavy atom. The van der Waals surface area contributed by atoms with Crippen LogP contribution in [-0.2, 0) is 4.79 Å². The average Bonchev–Trinajstić information content (AvgIpc) is 2.40. The Hall–Kier alpha value is -2.37. The van der Waals surface area contributed by atoms with Gasteiger partial charge in [0.15, 0.2) is 11.9 Å². The van der Waals surface area contributed by atoms with E-state index >= 15 is 0 Å². The van der Waals surface area contributed by atoms with Crippen molar-refractivity contribution in [2.45, 2.75) is 33.8 Å². The number of carbonyl (C=O) groups excluding carboxylic acids is 3. The van der Waals surface area contributed by atoms with Crippen LogP contribution in [0.25, 0.3) is 0 Å². The molecule has 0 heterocycles. The molecule has 0 saturated heterocycles. The van der Waals surface area contributed by atoms with Crippen molar-refractivity contribution in [2.75, 3.05) is 6.54 Å². The van der Waals surface area contributed by atoms with E-state index in [1.165, 1.54) is 13.8 Å². The van der Waals surface area contributed by atoms with Gasteiger partial charge in [0.05, 0.1) is 5.56 Å². The first kappa shape index (κ1) is 16.7. The topological polar surface area (TPSA) is 84.5 Å². The number of Topliss-reactive ketones (excluding diaryl/α,β-unsaturated/α-hetero) is 1. The molecule has 1 atom stereocenters. The van der Waals surface area contributed by atoms with Crippen molar-refractivity contribution in [3.05, 3.63) is 29.3 Å². The second-order valence-electron chi connectivity index (χ2n) is 4.66.